The lowest BCUT2D eigenvalue weighted by Crippen LogP contribution is -2.52. The smallest absolute Gasteiger partial charge is 0.482 e. The van der Waals surface area contributed by atoms with Crippen molar-refractivity contribution in [3.05, 3.63) is 47.5 Å². The number of hydrogen-bond donors (Lipinski definition) is 1. The van der Waals surface area contributed by atoms with Gasteiger partial charge in [-0.1, -0.05) is 30.7 Å². The summed E-state index contributed by atoms with van der Waals surface area (Å²) in [6.07, 6.45) is -2.79. The van der Waals surface area contributed by atoms with E-state index >= 15 is 0 Å². The standard InChI is InChI=1S/C25H28F3N3O4S/c1-3-4-18-14-30(13-17-9-16(2)10-20(11-17)34-15-23(32)33)7-8-31(18)24-29-21-6-5-19(12-22(21)36-24)35-25(26,27)28/h5-6,9-12,18H,3-4,7-8,13-15H2,1-2H3,(H,32,33)/t18-/m1/s1. The summed E-state index contributed by atoms with van der Waals surface area (Å²) in [6, 6.07) is 10.2. The van der Waals surface area contributed by atoms with Crippen LogP contribution in [0, 0.1) is 6.92 Å². The molecule has 1 fully saturated rings. The van der Waals surface area contributed by atoms with Gasteiger partial charge < -0.3 is 19.5 Å². The summed E-state index contributed by atoms with van der Waals surface area (Å²) in [4.78, 5) is 20.2. The van der Waals surface area contributed by atoms with Gasteiger partial charge in [0.2, 0.25) is 0 Å². The average Bonchev–Trinajstić information content (AvgIpc) is 3.20. The van der Waals surface area contributed by atoms with Gasteiger partial charge in [-0.05, 0) is 48.7 Å². The van der Waals surface area contributed by atoms with Gasteiger partial charge in [0.05, 0.1) is 10.2 Å². The minimum atomic E-state index is -4.73. The van der Waals surface area contributed by atoms with Crippen molar-refractivity contribution in [2.75, 3.05) is 31.1 Å². The Kier molecular flexibility index (Phi) is 7.89. The summed E-state index contributed by atoms with van der Waals surface area (Å²) < 4.78 is 47.9. The second-order valence-electron chi connectivity index (χ2n) is 8.88. The quantitative estimate of drug-likeness (QED) is 0.399. The molecule has 1 saturated heterocycles. The number of thiazole rings is 1. The maximum atomic E-state index is 12.6. The number of carboxylic acids is 1. The molecule has 1 aliphatic rings. The molecule has 0 radical (unpaired) electrons. The molecule has 3 aromatic rings. The summed E-state index contributed by atoms with van der Waals surface area (Å²) in [5.74, 6) is -0.722. The number of alkyl halides is 3. The highest BCUT2D eigenvalue weighted by Crippen LogP contribution is 2.35. The predicted molar refractivity (Wildman–Crippen MR) is 132 cm³/mol. The number of fused-ring (bicyclic) bond motifs is 1. The summed E-state index contributed by atoms with van der Waals surface area (Å²) in [5, 5.41) is 9.68. The minimum absolute atomic E-state index is 0.211. The van der Waals surface area contributed by atoms with E-state index < -0.39 is 12.3 Å². The molecule has 0 bridgehead atoms. The Morgan fingerprint density at radius 2 is 2.00 bits per heavy atom. The van der Waals surface area contributed by atoms with Gasteiger partial charge >= 0.3 is 12.3 Å². The normalized spacial score (nSPS) is 16.9. The molecule has 0 saturated carbocycles. The van der Waals surface area contributed by atoms with Crippen LogP contribution < -0.4 is 14.4 Å². The first-order valence-corrected chi connectivity index (χ1v) is 12.5. The van der Waals surface area contributed by atoms with Gasteiger partial charge in [-0.25, -0.2) is 9.78 Å². The highest BCUT2D eigenvalue weighted by molar-refractivity contribution is 7.22. The number of halogens is 3. The van der Waals surface area contributed by atoms with E-state index in [0.717, 1.165) is 48.7 Å². The van der Waals surface area contributed by atoms with Gasteiger partial charge in [0.15, 0.2) is 11.7 Å². The molecular weight excluding hydrogens is 495 g/mol. The third kappa shape index (κ3) is 6.79. The number of hydrogen-bond acceptors (Lipinski definition) is 7. The van der Waals surface area contributed by atoms with Gasteiger partial charge in [0.25, 0.3) is 0 Å². The second kappa shape index (κ2) is 10.9. The first-order chi connectivity index (χ1) is 17.1. The number of anilines is 1. The molecule has 1 aliphatic heterocycles. The molecule has 11 heteroatoms. The van der Waals surface area contributed by atoms with Crippen LogP contribution in [0.1, 0.15) is 30.9 Å². The highest BCUT2D eigenvalue weighted by atomic mass is 32.1. The fraction of sp³-hybridized carbons (Fsp3) is 0.440. The molecule has 1 atom stereocenters. The monoisotopic (exact) mass is 523 g/mol. The number of aryl methyl sites for hydroxylation is 1. The number of carboxylic acid groups (broad SMARTS) is 1. The number of ether oxygens (including phenoxy) is 2. The van der Waals surface area contributed by atoms with E-state index in [1.165, 1.54) is 23.5 Å². The van der Waals surface area contributed by atoms with Crippen molar-refractivity contribution < 1.29 is 32.5 Å². The first kappa shape index (κ1) is 26.0. The highest BCUT2D eigenvalue weighted by Gasteiger charge is 2.32. The zero-order valence-corrected chi connectivity index (χ0v) is 20.9. The lowest BCUT2D eigenvalue weighted by Gasteiger charge is -2.41. The lowest BCUT2D eigenvalue weighted by molar-refractivity contribution is -0.274. The molecule has 0 amide bonds. The molecular formula is C25H28F3N3O4S. The Hall–Kier alpha value is -3.05. The van der Waals surface area contributed by atoms with Crippen molar-refractivity contribution in [3.63, 3.8) is 0 Å². The molecule has 2 aromatic carbocycles. The Bertz CT molecular complexity index is 1220. The van der Waals surface area contributed by atoms with Crippen LogP contribution in [-0.4, -0.2) is 59.6 Å². The molecule has 1 N–H and O–H groups in total. The van der Waals surface area contributed by atoms with Crippen LogP contribution in [0.25, 0.3) is 10.2 Å². The van der Waals surface area contributed by atoms with Crippen molar-refractivity contribution in [3.8, 4) is 11.5 Å². The number of benzene rings is 2. The number of nitrogens with zero attached hydrogens (tertiary/aromatic N) is 3. The average molecular weight is 524 g/mol. The molecule has 4 rings (SSSR count). The van der Waals surface area contributed by atoms with Crippen LogP contribution in [0.4, 0.5) is 18.3 Å². The fourth-order valence-electron chi connectivity index (χ4n) is 4.51. The summed E-state index contributed by atoms with van der Waals surface area (Å²) >= 11 is 1.37. The number of aromatic nitrogens is 1. The Morgan fingerprint density at radius 1 is 1.19 bits per heavy atom. The fourth-order valence-corrected chi connectivity index (χ4v) is 5.60. The zero-order chi connectivity index (χ0) is 25.9. The van der Waals surface area contributed by atoms with E-state index in [-0.39, 0.29) is 18.4 Å². The van der Waals surface area contributed by atoms with Crippen molar-refractivity contribution in [1.82, 2.24) is 9.88 Å². The number of piperazine rings is 1. The van der Waals surface area contributed by atoms with Gasteiger partial charge in [0.1, 0.15) is 11.5 Å². The molecule has 0 aliphatic carbocycles. The summed E-state index contributed by atoms with van der Waals surface area (Å²) in [6.45, 7) is 6.74. The third-order valence-corrected chi connectivity index (χ3v) is 6.95. The van der Waals surface area contributed by atoms with Gasteiger partial charge in [-0.15, -0.1) is 13.2 Å². The largest absolute Gasteiger partial charge is 0.573 e. The maximum absolute atomic E-state index is 12.6. The maximum Gasteiger partial charge on any atom is 0.573 e. The van der Waals surface area contributed by atoms with Crippen LogP contribution in [0.15, 0.2) is 36.4 Å². The Morgan fingerprint density at radius 3 is 2.72 bits per heavy atom. The van der Waals surface area contributed by atoms with Crippen molar-refractivity contribution in [2.45, 2.75) is 45.6 Å². The van der Waals surface area contributed by atoms with E-state index in [2.05, 4.69) is 27.5 Å². The lowest BCUT2D eigenvalue weighted by atomic mass is 10.1. The van der Waals surface area contributed by atoms with E-state index in [1.807, 2.05) is 19.1 Å². The van der Waals surface area contributed by atoms with Crippen molar-refractivity contribution in [2.24, 2.45) is 0 Å². The summed E-state index contributed by atoms with van der Waals surface area (Å²) in [5.41, 5.74) is 2.70. The van der Waals surface area contributed by atoms with E-state index in [1.54, 1.807) is 6.07 Å². The molecule has 1 aromatic heterocycles. The number of aliphatic carboxylic acids is 1. The Labute approximate surface area is 211 Å². The molecule has 194 valence electrons. The molecule has 2 heterocycles. The van der Waals surface area contributed by atoms with Crippen LogP contribution in [0.5, 0.6) is 11.5 Å². The molecule has 7 nitrogen and oxygen atoms in total. The van der Waals surface area contributed by atoms with E-state index in [9.17, 15) is 18.0 Å². The van der Waals surface area contributed by atoms with Crippen LogP contribution in [0.2, 0.25) is 0 Å². The van der Waals surface area contributed by atoms with E-state index in [0.29, 0.717) is 22.5 Å². The van der Waals surface area contributed by atoms with E-state index in [4.69, 9.17) is 14.8 Å². The van der Waals surface area contributed by atoms with Crippen LogP contribution in [0.3, 0.4) is 0 Å². The van der Waals surface area contributed by atoms with Gasteiger partial charge in [-0.3, -0.25) is 4.90 Å². The van der Waals surface area contributed by atoms with Gasteiger partial charge in [0, 0.05) is 38.3 Å². The molecule has 0 unspecified atom stereocenters. The second-order valence-corrected chi connectivity index (χ2v) is 9.89. The van der Waals surface area contributed by atoms with Crippen molar-refractivity contribution >= 4 is 32.7 Å². The third-order valence-electron chi connectivity index (χ3n) is 5.90. The number of rotatable bonds is 9. The Balaban J connectivity index is 1.47. The van der Waals surface area contributed by atoms with Crippen molar-refractivity contribution in [1.29, 1.82) is 0 Å². The first-order valence-electron chi connectivity index (χ1n) is 11.7. The zero-order valence-electron chi connectivity index (χ0n) is 20.0. The molecule has 0 spiro atoms. The van der Waals surface area contributed by atoms with Crippen LogP contribution >= 0.6 is 11.3 Å². The minimum Gasteiger partial charge on any atom is -0.482 e. The van der Waals surface area contributed by atoms with Crippen LogP contribution in [-0.2, 0) is 11.3 Å². The topological polar surface area (TPSA) is 75.1 Å². The van der Waals surface area contributed by atoms with Gasteiger partial charge in [-0.2, -0.15) is 0 Å². The number of carbonyl (C=O) groups is 1. The summed E-state index contributed by atoms with van der Waals surface area (Å²) in [7, 11) is 0. The molecule has 36 heavy (non-hydrogen) atoms. The SMILES string of the molecule is CCC[C@@H]1CN(Cc2cc(C)cc(OCC(=O)O)c2)CCN1c1nc2ccc(OC(F)(F)F)cc2s1. The predicted octanol–water partition coefficient (Wildman–Crippen LogP) is 5.46.